The molecular formula is C10H12BrClN2S. The van der Waals surface area contributed by atoms with Crippen LogP contribution in [0.4, 0.5) is 5.69 Å². The lowest BCUT2D eigenvalue weighted by molar-refractivity contribution is 0.979. The highest BCUT2D eigenvalue weighted by Gasteiger charge is 2.05. The summed E-state index contributed by atoms with van der Waals surface area (Å²) in [6.45, 7) is 4.74. The molecule has 0 atom stereocenters. The first kappa shape index (κ1) is 12.7. The molecule has 0 saturated heterocycles. The third-order valence-electron chi connectivity index (χ3n) is 1.83. The zero-order valence-corrected chi connectivity index (χ0v) is 11.7. The van der Waals surface area contributed by atoms with E-state index in [2.05, 4.69) is 26.6 Å². The zero-order chi connectivity index (χ0) is 11.4. The highest BCUT2D eigenvalue weighted by atomic mass is 79.9. The molecule has 0 spiro atoms. The quantitative estimate of drug-likeness (QED) is 0.814. The van der Waals surface area contributed by atoms with Crippen molar-refractivity contribution in [1.82, 2.24) is 5.32 Å². The van der Waals surface area contributed by atoms with E-state index in [1.165, 1.54) is 0 Å². The van der Waals surface area contributed by atoms with E-state index >= 15 is 0 Å². The molecule has 0 bridgehead atoms. The first-order valence-corrected chi connectivity index (χ1v) is 6.13. The summed E-state index contributed by atoms with van der Waals surface area (Å²) >= 11 is 14.6. The molecule has 2 nitrogen and oxygen atoms in total. The maximum Gasteiger partial charge on any atom is 0.170 e. The lowest BCUT2D eigenvalue weighted by Gasteiger charge is -2.11. The minimum absolute atomic E-state index is 0.595. The van der Waals surface area contributed by atoms with Gasteiger partial charge in [0.05, 0.1) is 5.69 Å². The highest BCUT2D eigenvalue weighted by molar-refractivity contribution is 9.10. The van der Waals surface area contributed by atoms with Crippen LogP contribution in [0.3, 0.4) is 0 Å². The molecule has 0 aliphatic rings. The van der Waals surface area contributed by atoms with Gasteiger partial charge in [-0.3, -0.25) is 0 Å². The first-order chi connectivity index (χ1) is 7.04. The summed E-state index contributed by atoms with van der Waals surface area (Å²) in [7, 11) is 0. The second kappa shape index (κ2) is 5.68. The van der Waals surface area contributed by atoms with Crippen LogP contribution in [0.15, 0.2) is 16.6 Å². The molecule has 0 aromatic heterocycles. The van der Waals surface area contributed by atoms with E-state index in [0.29, 0.717) is 5.11 Å². The molecule has 1 aromatic rings. The summed E-state index contributed by atoms with van der Waals surface area (Å²) in [5.74, 6) is 0. The fraction of sp³-hybridized carbons (Fsp3) is 0.300. The van der Waals surface area contributed by atoms with Crippen molar-refractivity contribution in [2.45, 2.75) is 13.8 Å². The number of rotatable bonds is 2. The van der Waals surface area contributed by atoms with Crippen molar-refractivity contribution in [3.05, 3.63) is 27.2 Å². The van der Waals surface area contributed by atoms with E-state index in [1.54, 1.807) is 0 Å². The first-order valence-electron chi connectivity index (χ1n) is 4.55. The predicted molar refractivity (Wildman–Crippen MR) is 73.8 cm³/mol. The van der Waals surface area contributed by atoms with Crippen molar-refractivity contribution >= 4 is 50.5 Å². The summed E-state index contributed by atoms with van der Waals surface area (Å²) < 4.78 is 0.949. The molecule has 1 rings (SSSR count). The van der Waals surface area contributed by atoms with Gasteiger partial charge in [-0.1, -0.05) is 11.6 Å². The lowest BCUT2D eigenvalue weighted by Crippen LogP contribution is -2.28. The number of benzene rings is 1. The summed E-state index contributed by atoms with van der Waals surface area (Å²) in [6, 6.07) is 3.81. The van der Waals surface area contributed by atoms with Crippen LogP contribution in [0.5, 0.6) is 0 Å². The fourth-order valence-electron chi connectivity index (χ4n) is 1.07. The smallest absolute Gasteiger partial charge is 0.170 e. The number of thiocarbonyl (C=S) groups is 1. The topological polar surface area (TPSA) is 24.1 Å². The monoisotopic (exact) mass is 306 g/mol. The molecule has 0 amide bonds. The Kier molecular flexibility index (Phi) is 4.83. The molecule has 0 unspecified atom stereocenters. The third kappa shape index (κ3) is 3.63. The molecule has 82 valence electrons. The van der Waals surface area contributed by atoms with Gasteiger partial charge < -0.3 is 10.6 Å². The van der Waals surface area contributed by atoms with Crippen molar-refractivity contribution in [2.24, 2.45) is 0 Å². The van der Waals surface area contributed by atoms with Gasteiger partial charge in [0.1, 0.15) is 0 Å². The Morgan fingerprint density at radius 2 is 2.20 bits per heavy atom. The van der Waals surface area contributed by atoms with Crippen molar-refractivity contribution < 1.29 is 0 Å². The van der Waals surface area contributed by atoms with Gasteiger partial charge in [0, 0.05) is 16.0 Å². The molecule has 2 N–H and O–H groups in total. The minimum Gasteiger partial charge on any atom is -0.363 e. The maximum absolute atomic E-state index is 6.02. The van der Waals surface area contributed by atoms with Gasteiger partial charge in [0.15, 0.2) is 5.11 Å². The van der Waals surface area contributed by atoms with Crippen LogP contribution >= 0.6 is 39.7 Å². The van der Waals surface area contributed by atoms with Gasteiger partial charge in [0.2, 0.25) is 0 Å². The Morgan fingerprint density at radius 1 is 1.53 bits per heavy atom. The van der Waals surface area contributed by atoms with Gasteiger partial charge in [-0.2, -0.15) is 0 Å². The van der Waals surface area contributed by atoms with Gasteiger partial charge in [-0.15, -0.1) is 0 Å². The highest BCUT2D eigenvalue weighted by Crippen LogP contribution is 2.28. The Morgan fingerprint density at radius 3 is 2.80 bits per heavy atom. The second-order valence-corrected chi connectivity index (χ2v) is 4.74. The number of aryl methyl sites for hydroxylation is 1. The van der Waals surface area contributed by atoms with Crippen molar-refractivity contribution in [1.29, 1.82) is 0 Å². The standard InChI is InChI=1S/C10H12BrClN2S/c1-3-13-10(15)14-9-5-8(12)6(2)4-7(9)11/h4-5H,3H2,1-2H3,(H2,13,14,15). The summed E-state index contributed by atoms with van der Waals surface area (Å²) in [5, 5.41) is 7.40. The normalized spacial score (nSPS) is 9.87. The Balaban J connectivity index is 2.86. The van der Waals surface area contributed by atoms with Crippen LogP contribution in [0.2, 0.25) is 5.02 Å². The lowest BCUT2D eigenvalue weighted by atomic mass is 10.2. The maximum atomic E-state index is 6.02. The second-order valence-electron chi connectivity index (χ2n) is 3.07. The van der Waals surface area contributed by atoms with E-state index in [4.69, 9.17) is 23.8 Å². The van der Waals surface area contributed by atoms with Crippen molar-refractivity contribution in [2.75, 3.05) is 11.9 Å². The molecule has 0 heterocycles. The van der Waals surface area contributed by atoms with Gasteiger partial charge >= 0.3 is 0 Å². The SMILES string of the molecule is CCNC(=S)Nc1cc(Cl)c(C)cc1Br. The predicted octanol–water partition coefficient (Wildman–Crippen LogP) is 3.72. The molecule has 0 saturated carbocycles. The average Bonchev–Trinajstić information content (AvgIpc) is 2.14. The van der Waals surface area contributed by atoms with Crippen molar-refractivity contribution in [3.63, 3.8) is 0 Å². The van der Waals surface area contributed by atoms with E-state index in [0.717, 1.165) is 27.3 Å². The molecule has 5 heteroatoms. The van der Waals surface area contributed by atoms with Gasteiger partial charge in [-0.25, -0.2) is 0 Å². The molecule has 0 radical (unpaired) electrons. The van der Waals surface area contributed by atoms with E-state index in [1.807, 2.05) is 26.0 Å². The van der Waals surface area contributed by atoms with Gasteiger partial charge in [0.25, 0.3) is 0 Å². The summed E-state index contributed by atoms with van der Waals surface area (Å²) in [5.41, 5.74) is 1.90. The third-order valence-corrected chi connectivity index (χ3v) is 3.14. The fourth-order valence-corrected chi connectivity index (χ4v) is 2.04. The Labute approximate surface area is 109 Å². The minimum atomic E-state index is 0.595. The number of anilines is 1. The van der Waals surface area contributed by atoms with Gasteiger partial charge in [-0.05, 0) is 59.7 Å². The molecule has 0 aliphatic heterocycles. The van der Waals surface area contributed by atoms with E-state index in [9.17, 15) is 0 Å². The number of nitrogens with one attached hydrogen (secondary N) is 2. The zero-order valence-electron chi connectivity index (χ0n) is 8.53. The van der Waals surface area contributed by atoms with E-state index < -0.39 is 0 Å². The molecule has 15 heavy (non-hydrogen) atoms. The number of hydrogen-bond acceptors (Lipinski definition) is 1. The van der Waals surface area contributed by atoms with Crippen LogP contribution in [-0.2, 0) is 0 Å². The van der Waals surface area contributed by atoms with Crippen LogP contribution in [0.1, 0.15) is 12.5 Å². The molecule has 1 aromatic carbocycles. The van der Waals surface area contributed by atoms with Crippen molar-refractivity contribution in [3.8, 4) is 0 Å². The molecule has 0 aliphatic carbocycles. The summed E-state index contributed by atoms with van der Waals surface area (Å²) in [4.78, 5) is 0. The number of hydrogen-bond donors (Lipinski definition) is 2. The molecular weight excluding hydrogens is 296 g/mol. The average molecular weight is 308 g/mol. The summed E-state index contributed by atoms with van der Waals surface area (Å²) in [6.07, 6.45) is 0. The van der Waals surface area contributed by atoms with Crippen LogP contribution in [-0.4, -0.2) is 11.7 Å². The number of halogens is 2. The van der Waals surface area contributed by atoms with E-state index in [-0.39, 0.29) is 0 Å². The van der Waals surface area contributed by atoms with Crippen LogP contribution in [0.25, 0.3) is 0 Å². The molecule has 0 fully saturated rings. The largest absolute Gasteiger partial charge is 0.363 e. The Bertz CT molecular complexity index is 382. The Hall–Kier alpha value is -0.320. The van der Waals surface area contributed by atoms with Crippen LogP contribution in [0, 0.1) is 6.92 Å². The van der Waals surface area contributed by atoms with Crippen LogP contribution < -0.4 is 10.6 Å².